The van der Waals surface area contributed by atoms with E-state index in [4.69, 9.17) is 10.4 Å². The molecule has 0 aliphatic carbocycles. The first-order valence-electron chi connectivity index (χ1n) is 6.08. The number of thioether (sulfide) groups is 1. The first kappa shape index (κ1) is 17.5. The van der Waals surface area contributed by atoms with Crippen molar-refractivity contribution in [1.82, 2.24) is 4.72 Å². The van der Waals surface area contributed by atoms with E-state index in [9.17, 15) is 13.2 Å². The van der Waals surface area contributed by atoms with E-state index >= 15 is 0 Å². The van der Waals surface area contributed by atoms with Gasteiger partial charge >= 0.3 is 5.97 Å². The minimum Gasteiger partial charge on any atom is -0.480 e. The van der Waals surface area contributed by atoms with E-state index in [2.05, 4.69) is 4.72 Å². The van der Waals surface area contributed by atoms with Gasteiger partial charge in [0, 0.05) is 0 Å². The van der Waals surface area contributed by atoms with Crippen LogP contribution in [0.2, 0.25) is 0 Å². The van der Waals surface area contributed by atoms with Gasteiger partial charge in [0.05, 0.1) is 17.4 Å². The Morgan fingerprint density at radius 1 is 1.52 bits per heavy atom. The molecular formula is C13H16N2O4S2. The molecule has 1 unspecified atom stereocenters. The number of carbonyl (C=O) groups is 1. The average Bonchev–Trinajstić information content (AvgIpc) is 2.42. The first-order valence-corrected chi connectivity index (χ1v) is 9.13. The Bertz CT molecular complexity index is 638. The monoisotopic (exact) mass is 328 g/mol. The van der Waals surface area contributed by atoms with E-state index in [1.165, 1.54) is 17.8 Å². The molecule has 0 aliphatic heterocycles. The fourth-order valence-corrected chi connectivity index (χ4v) is 3.50. The van der Waals surface area contributed by atoms with E-state index in [1.54, 1.807) is 18.2 Å². The summed E-state index contributed by atoms with van der Waals surface area (Å²) in [6, 6.07) is 7.00. The molecule has 0 radical (unpaired) electrons. The Morgan fingerprint density at radius 3 is 2.81 bits per heavy atom. The predicted octanol–water partition coefficient (Wildman–Crippen LogP) is 1.18. The summed E-state index contributed by atoms with van der Waals surface area (Å²) in [7, 11) is -3.78. The van der Waals surface area contributed by atoms with Crippen molar-refractivity contribution >= 4 is 27.8 Å². The normalized spacial score (nSPS) is 12.6. The van der Waals surface area contributed by atoms with E-state index < -0.39 is 22.0 Å². The van der Waals surface area contributed by atoms with Gasteiger partial charge in [0.1, 0.15) is 6.04 Å². The molecule has 0 aliphatic rings. The smallest absolute Gasteiger partial charge is 0.321 e. The van der Waals surface area contributed by atoms with Gasteiger partial charge in [-0.25, -0.2) is 13.1 Å². The van der Waals surface area contributed by atoms with Crippen LogP contribution in [0.25, 0.3) is 0 Å². The van der Waals surface area contributed by atoms with Gasteiger partial charge in [0.15, 0.2) is 0 Å². The maximum Gasteiger partial charge on any atom is 0.321 e. The fourth-order valence-electron chi connectivity index (χ4n) is 1.68. The Kier molecular flexibility index (Phi) is 6.68. The van der Waals surface area contributed by atoms with Gasteiger partial charge in [0.25, 0.3) is 0 Å². The molecule has 6 nitrogen and oxygen atoms in total. The highest BCUT2D eigenvalue weighted by molar-refractivity contribution is 7.98. The largest absolute Gasteiger partial charge is 0.480 e. The van der Waals surface area contributed by atoms with E-state index in [1.807, 2.05) is 12.3 Å². The number of benzene rings is 1. The van der Waals surface area contributed by atoms with Crippen LogP contribution in [-0.4, -0.2) is 37.5 Å². The predicted molar refractivity (Wildman–Crippen MR) is 81.3 cm³/mol. The minimum atomic E-state index is -3.78. The van der Waals surface area contributed by atoms with Crippen molar-refractivity contribution in [2.24, 2.45) is 0 Å². The summed E-state index contributed by atoms with van der Waals surface area (Å²) in [5, 5.41) is 17.8. The lowest BCUT2D eigenvalue weighted by molar-refractivity contribution is -0.139. The number of sulfonamides is 1. The minimum absolute atomic E-state index is 0.216. The molecule has 0 heterocycles. The summed E-state index contributed by atoms with van der Waals surface area (Å²) in [6.45, 7) is 0. The molecule has 0 aromatic heterocycles. The standard InChI is InChI=1S/C13H16N2O4S2/c1-20-6-5-12(13(16)17)15-21(18,19)9-11-4-2-3-10(7-11)8-14/h2-4,7,12,15H,5-6,9H2,1H3,(H,16,17). The molecule has 0 amide bonds. The third kappa shape index (κ3) is 6.16. The SMILES string of the molecule is CSCCC(NS(=O)(=O)Cc1cccc(C#N)c1)C(=O)O. The third-order valence-electron chi connectivity index (χ3n) is 2.64. The van der Waals surface area contributed by atoms with E-state index in [-0.39, 0.29) is 12.2 Å². The number of nitriles is 1. The lowest BCUT2D eigenvalue weighted by Crippen LogP contribution is -2.41. The second kappa shape index (κ2) is 8.02. The molecule has 0 bridgehead atoms. The zero-order chi connectivity index (χ0) is 15.9. The maximum absolute atomic E-state index is 12.0. The summed E-state index contributed by atoms with van der Waals surface area (Å²) in [6.07, 6.45) is 2.04. The van der Waals surface area contributed by atoms with Crippen molar-refractivity contribution in [3.8, 4) is 6.07 Å². The zero-order valence-electron chi connectivity index (χ0n) is 11.4. The van der Waals surface area contributed by atoms with Gasteiger partial charge < -0.3 is 5.11 Å². The van der Waals surface area contributed by atoms with Crippen LogP contribution in [0.4, 0.5) is 0 Å². The van der Waals surface area contributed by atoms with Gasteiger partial charge in [-0.15, -0.1) is 0 Å². The van der Waals surface area contributed by atoms with Gasteiger partial charge in [0.2, 0.25) is 10.0 Å². The van der Waals surface area contributed by atoms with Crippen LogP contribution in [0.1, 0.15) is 17.5 Å². The van der Waals surface area contributed by atoms with Crippen molar-refractivity contribution in [2.75, 3.05) is 12.0 Å². The zero-order valence-corrected chi connectivity index (χ0v) is 13.1. The second-order valence-corrected chi connectivity index (χ2v) is 7.10. The Morgan fingerprint density at radius 2 is 2.24 bits per heavy atom. The topological polar surface area (TPSA) is 107 Å². The van der Waals surface area contributed by atoms with Crippen molar-refractivity contribution in [2.45, 2.75) is 18.2 Å². The molecule has 1 atom stereocenters. The van der Waals surface area contributed by atoms with Crippen molar-refractivity contribution in [1.29, 1.82) is 5.26 Å². The molecule has 1 aromatic carbocycles. The molecule has 0 fully saturated rings. The highest BCUT2D eigenvalue weighted by Crippen LogP contribution is 2.10. The summed E-state index contributed by atoms with van der Waals surface area (Å²) in [4.78, 5) is 11.1. The van der Waals surface area contributed by atoms with Crippen LogP contribution in [0.15, 0.2) is 24.3 Å². The van der Waals surface area contributed by atoms with Crippen molar-refractivity contribution < 1.29 is 18.3 Å². The Hall–Kier alpha value is -1.56. The molecule has 0 spiro atoms. The van der Waals surface area contributed by atoms with Crippen LogP contribution >= 0.6 is 11.8 Å². The number of nitrogens with one attached hydrogen (secondary N) is 1. The lowest BCUT2D eigenvalue weighted by atomic mass is 10.2. The molecule has 8 heteroatoms. The van der Waals surface area contributed by atoms with Crippen LogP contribution in [0.3, 0.4) is 0 Å². The Balaban J connectivity index is 2.80. The average molecular weight is 328 g/mol. The van der Waals surface area contributed by atoms with Crippen LogP contribution in [0, 0.1) is 11.3 Å². The number of rotatable bonds is 8. The fraction of sp³-hybridized carbons (Fsp3) is 0.385. The van der Waals surface area contributed by atoms with Crippen molar-refractivity contribution in [3.63, 3.8) is 0 Å². The highest BCUT2D eigenvalue weighted by atomic mass is 32.2. The first-order chi connectivity index (χ1) is 9.88. The summed E-state index contributed by atoms with van der Waals surface area (Å²) in [5.74, 6) is -1.01. The number of aliphatic carboxylic acids is 1. The molecule has 0 saturated carbocycles. The summed E-state index contributed by atoms with van der Waals surface area (Å²) in [5.41, 5.74) is 0.801. The molecular weight excluding hydrogens is 312 g/mol. The van der Waals surface area contributed by atoms with Gasteiger partial charge in [-0.3, -0.25) is 4.79 Å². The molecule has 1 rings (SSSR count). The van der Waals surface area contributed by atoms with Crippen LogP contribution in [0.5, 0.6) is 0 Å². The number of hydrogen-bond donors (Lipinski definition) is 2. The van der Waals surface area contributed by atoms with E-state index in [0.29, 0.717) is 16.9 Å². The van der Waals surface area contributed by atoms with Gasteiger partial charge in [-0.2, -0.15) is 17.0 Å². The molecule has 114 valence electrons. The third-order valence-corrected chi connectivity index (χ3v) is 4.64. The molecule has 2 N–H and O–H groups in total. The van der Waals surface area contributed by atoms with E-state index in [0.717, 1.165) is 0 Å². The van der Waals surface area contributed by atoms with Gasteiger partial charge in [-0.1, -0.05) is 12.1 Å². The van der Waals surface area contributed by atoms with Crippen LogP contribution < -0.4 is 4.72 Å². The van der Waals surface area contributed by atoms with Gasteiger partial charge in [-0.05, 0) is 36.1 Å². The number of hydrogen-bond acceptors (Lipinski definition) is 5. The number of carboxylic acid groups (broad SMARTS) is 1. The molecule has 21 heavy (non-hydrogen) atoms. The second-order valence-electron chi connectivity index (χ2n) is 4.36. The quantitative estimate of drug-likeness (QED) is 0.742. The van der Waals surface area contributed by atoms with Crippen molar-refractivity contribution in [3.05, 3.63) is 35.4 Å². The Labute approximate surface area is 128 Å². The summed E-state index contributed by atoms with van der Waals surface area (Å²) < 4.78 is 26.2. The number of carboxylic acids is 1. The molecule has 1 aromatic rings. The number of nitrogens with zero attached hydrogens (tertiary/aromatic N) is 1. The molecule has 0 saturated heterocycles. The lowest BCUT2D eigenvalue weighted by Gasteiger charge is -2.14. The summed E-state index contributed by atoms with van der Waals surface area (Å²) >= 11 is 1.45. The maximum atomic E-state index is 12.0. The highest BCUT2D eigenvalue weighted by Gasteiger charge is 2.23. The van der Waals surface area contributed by atoms with Crippen LogP contribution in [-0.2, 0) is 20.6 Å².